The summed E-state index contributed by atoms with van der Waals surface area (Å²) in [5.41, 5.74) is 2.44. The first-order valence-corrected chi connectivity index (χ1v) is 11.1. The highest BCUT2D eigenvalue weighted by molar-refractivity contribution is 7.89. The van der Waals surface area contributed by atoms with Gasteiger partial charge >= 0.3 is 6.18 Å². The van der Waals surface area contributed by atoms with Crippen LogP contribution in [0, 0.1) is 6.92 Å². The van der Waals surface area contributed by atoms with Gasteiger partial charge in [-0.2, -0.15) is 13.2 Å². The molecule has 0 saturated carbocycles. The summed E-state index contributed by atoms with van der Waals surface area (Å²) in [7, 11) is -4.42. The Morgan fingerprint density at radius 2 is 1.75 bits per heavy atom. The second kappa shape index (κ2) is 9.58. The first-order chi connectivity index (χ1) is 15.0. The zero-order valence-electron chi connectivity index (χ0n) is 17.1. The molecule has 168 valence electrons. The van der Waals surface area contributed by atoms with Crippen LogP contribution in [0.25, 0.3) is 11.1 Å². The molecule has 0 aliphatic heterocycles. The average molecular weight is 463 g/mol. The SMILES string of the molecule is Cc1ccnc(CC(=O)Cc2cc(S(=O)(=O)NCC(F)(F)F)ccc2-c2ccccc2)n1. The van der Waals surface area contributed by atoms with Gasteiger partial charge in [0, 0.05) is 18.3 Å². The molecule has 32 heavy (non-hydrogen) atoms. The predicted molar refractivity (Wildman–Crippen MR) is 112 cm³/mol. The Hall–Kier alpha value is -3.11. The quantitative estimate of drug-likeness (QED) is 0.551. The number of carbonyl (C=O) groups excluding carboxylic acids is 1. The number of hydrogen-bond donors (Lipinski definition) is 1. The van der Waals surface area contributed by atoms with Crippen molar-refractivity contribution in [3.63, 3.8) is 0 Å². The third-order valence-corrected chi connectivity index (χ3v) is 5.92. The number of aryl methyl sites for hydroxylation is 1. The number of sulfonamides is 1. The van der Waals surface area contributed by atoms with E-state index in [1.54, 1.807) is 48.2 Å². The number of alkyl halides is 3. The Morgan fingerprint density at radius 3 is 2.41 bits per heavy atom. The first-order valence-electron chi connectivity index (χ1n) is 9.58. The zero-order chi connectivity index (χ0) is 23.4. The minimum Gasteiger partial charge on any atom is -0.299 e. The summed E-state index contributed by atoms with van der Waals surface area (Å²) in [4.78, 5) is 20.6. The van der Waals surface area contributed by atoms with Crippen LogP contribution in [0.1, 0.15) is 17.1 Å². The zero-order valence-corrected chi connectivity index (χ0v) is 17.9. The van der Waals surface area contributed by atoms with E-state index >= 15 is 0 Å². The highest BCUT2D eigenvalue weighted by Gasteiger charge is 2.30. The third-order valence-electron chi connectivity index (χ3n) is 4.52. The number of hydrogen-bond acceptors (Lipinski definition) is 5. The number of nitrogens with one attached hydrogen (secondary N) is 1. The van der Waals surface area contributed by atoms with Crippen molar-refractivity contribution in [2.45, 2.75) is 30.8 Å². The van der Waals surface area contributed by atoms with Gasteiger partial charge in [-0.15, -0.1) is 0 Å². The number of halogens is 3. The molecular formula is C22H20F3N3O3S. The van der Waals surface area contributed by atoms with Crippen molar-refractivity contribution in [1.29, 1.82) is 0 Å². The molecule has 0 unspecified atom stereocenters. The van der Waals surface area contributed by atoms with Gasteiger partial charge in [0.05, 0.1) is 11.3 Å². The van der Waals surface area contributed by atoms with Gasteiger partial charge in [0.1, 0.15) is 18.2 Å². The molecule has 0 bridgehead atoms. The summed E-state index contributed by atoms with van der Waals surface area (Å²) in [6.07, 6.45) is -3.34. The van der Waals surface area contributed by atoms with Crippen LogP contribution in [-0.4, -0.2) is 36.9 Å². The van der Waals surface area contributed by atoms with Crippen molar-refractivity contribution in [2.24, 2.45) is 0 Å². The maximum absolute atomic E-state index is 12.7. The van der Waals surface area contributed by atoms with Crippen molar-refractivity contribution >= 4 is 15.8 Å². The molecule has 0 fully saturated rings. The molecule has 0 aliphatic rings. The van der Waals surface area contributed by atoms with E-state index in [1.807, 2.05) is 6.07 Å². The standard InChI is InChI=1S/C22H20F3N3O3S/c1-15-9-10-26-21(28-15)13-18(29)11-17-12-19(32(30,31)27-14-22(23,24)25)7-8-20(17)16-5-3-2-4-6-16/h2-10,12,27H,11,13-14H2,1H3. The fraction of sp³-hybridized carbons (Fsp3) is 0.227. The van der Waals surface area contributed by atoms with Gasteiger partial charge in [0.25, 0.3) is 0 Å². The monoisotopic (exact) mass is 463 g/mol. The topological polar surface area (TPSA) is 89.0 Å². The summed E-state index contributed by atoms with van der Waals surface area (Å²) in [6.45, 7) is 0.0835. The Kier molecular flexibility index (Phi) is 7.05. The number of ketones is 1. The molecule has 0 spiro atoms. The fourth-order valence-corrected chi connectivity index (χ4v) is 4.15. The van der Waals surface area contributed by atoms with Crippen molar-refractivity contribution in [1.82, 2.24) is 14.7 Å². The molecule has 0 aliphatic carbocycles. The molecule has 0 saturated heterocycles. The lowest BCUT2D eigenvalue weighted by Gasteiger charge is -2.14. The van der Waals surface area contributed by atoms with Crippen LogP contribution in [0.15, 0.2) is 65.7 Å². The van der Waals surface area contributed by atoms with Gasteiger partial charge in [-0.1, -0.05) is 36.4 Å². The maximum Gasteiger partial charge on any atom is 0.402 e. The van der Waals surface area contributed by atoms with Crippen molar-refractivity contribution < 1.29 is 26.4 Å². The average Bonchev–Trinajstić information content (AvgIpc) is 2.72. The molecule has 1 N–H and O–H groups in total. The molecule has 0 atom stereocenters. The Labute approximate surface area is 183 Å². The minimum absolute atomic E-state index is 0.0563. The number of nitrogens with zero attached hydrogens (tertiary/aromatic N) is 2. The van der Waals surface area contributed by atoms with Crippen LogP contribution < -0.4 is 4.72 Å². The van der Waals surface area contributed by atoms with Crippen molar-refractivity contribution in [3.05, 3.63) is 77.9 Å². The molecule has 6 nitrogen and oxygen atoms in total. The van der Waals surface area contributed by atoms with Gasteiger partial charge in [0.15, 0.2) is 0 Å². The van der Waals surface area contributed by atoms with Crippen LogP contribution in [0.2, 0.25) is 0 Å². The normalized spacial score (nSPS) is 12.0. The Morgan fingerprint density at radius 1 is 1.03 bits per heavy atom. The highest BCUT2D eigenvalue weighted by Crippen LogP contribution is 2.27. The predicted octanol–water partition coefficient (Wildman–Crippen LogP) is 3.65. The molecule has 3 rings (SSSR count). The summed E-state index contributed by atoms with van der Waals surface area (Å²) in [5.74, 6) is 0.0810. The fourth-order valence-electron chi connectivity index (χ4n) is 3.08. The summed E-state index contributed by atoms with van der Waals surface area (Å²) >= 11 is 0. The molecule has 0 amide bonds. The third kappa shape index (κ3) is 6.44. The van der Waals surface area contributed by atoms with E-state index < -0.39 is 22.7 Å². The molecular weight excluding hydrogens is 443 g/mol. The summed E-state index contributed by atoms with van der Waals surface area (Å²) in [5, 5.41) is 0. The number of benzene rings is 2. The van der Waals surface area contributed by atoms with E-state index in [0.29, 0.717) is 22.6 Å². The lowest BCUT2D eigenvalue weighted by atomic mass is 9.95. The minimum atomic E-state index is -4.69. The van der Waals surface area contributed by atoms with Crippen LogP contribution in [-0.2, 0) is 27.7 Å². The molecule has 3 aromatic rings. The van der Waals surface area contributed by atoms with E-state index in [-0.39, 0.29) is 23.5 Å². The van der Waals surface area contributed by atoms with Crippen LogP contribution in [0.4, 0.5) is 13.2 Å². The maximum atomic E-state index is 12.7. The molecule has 2 aromatic carbocycles. The molecule has 1 aromatic heterocycles. The first kappa shape index (κ1) is 23.6. The van der Waals surface area contributed by atoms with E-state index in [1.165, 1.54) is 18.2 Å². The highest BCUT2D eigenvalue weighted by atomic mass is 32.2. The number of aromatic nitrogens is 2. The lowest BCUT2D eigenvalue weighted by molar-refractivity contribution is -0.121. The van der Waals surface area contributed by atoms with Crippen LogP contribution >= 0.6 is 0 Å². The van der Waals surface area contributed by atoms with Crippen molar-refractivity contribution in [2.75, 3.05) is 6.54 Å². The molecule has 10 heteroatoms. The number of rotatable bonds is 8. The van der Waals surface area contributed by atoms with Gasteiger partial charge in [-0.25, -0.2) is 23.1 Å². The largest absolute Gasteiger partial charge is 0.402 e. The lowest BCUT2D eigenvalue weighted by Crippen LogP contribution is -2.33. The van der Waals surface area contributed by atoms with Gasteiger partial charge < -0.3 is 0 Å². The molecule has 0 radical (unpaired) electrons. The number of Topliss-reactive ketones (excluding diaryl/α,β-unsaturated/α-hetero) is 1. The van der Waals surface area contributed by atoms with Crippen LogP contribution in [0.3, 0.4) is 0 Å². The summed E-state index contributed by atoms with van der Waals surface area (Å²) in [6, 6.07) is 14.6. The number of carbonyl (C=O) groups is 1. The van der Waals surface area contributed by atoms with Crippen molar-refractivity contribution in [3.8, 4) is 11.1 Å². The summed E-state index contributed by atoms with van der Waals surface area (Å²) < 4.78 is 63.8. The van der Waals surface area contributed by atoms with Gasteiger partial charge in [-0.05, 0) is 41.8 Å². The smallest absolute Gasteiger partial charge is 0.299 e. The van der Waals surface area contributed by atoms with E-state index in [9.17, 15) is 26.4 Å². The van der Waals surface area contributed by atoms with E-state index in [4.69, 9.17) is 0 Å². The van der Waals surface area contributed by atoms with Crippen LogP contribution in [0.5, 0.6) is 0 Å². The Balaban J connectivity index is 1.93. The van der Waals surface area contributed by atoms with E-state index in [2.05, 4.69) is 9.97 Å². The second-order valence-corrected chi connectivity index (χ2v) is 8.90. The Bertz CT molecular complexity index is 1210. The van der Waals surface area contributed by atoms with Gasteiger partial charge in [0.2, 0.25) is 10.0 Å². The second-order valence-electron chi connectivity index (χ2n) is 7.13. The van der Waals surface area contributed by atoms with E-state index in [0.717, 1.165) is 5.56 Å². The van der Waals surface area contributed by atoms with Gasteiger partial charge in [-0.3, -0.25) is 4.79 Å². The molecule has 1 heterocycles.